The molecule has 0 saturated carbocycles. The number of aliphatic carboxylic acids is 2. The molecule has 0 rings (SSSR count). The van der Waals surface area contributed by atoms with E-state index in [4.69, 9.17) is 21.1 Å². The minimum absolute atomic E-state index is 0.278. The standard InChI is InChI=1S/C4H6N2O2.C3H7NO3.C2H5NO2/c5-3(7)1-2-4(6)8;4-2(1-5)3(6)7;3-1-2(4)5/h1-2H,(H2,5,7)(H2,6,8);2,5H,1,4H2,(H,6,7);1,3H2,(H,4,5)/b2-1+;;. The summed E-state index contributed by atoms with van der Waals surface area (Å²) in [6.45, 7) is -0.782. The van der Waals surface area contributed by atoms with Gasteiger partial charge in [0.1, 0.15) is 6.04 Å². The molecular weight excluding hydrogens is 276 g/mol. The highest BCUT2D eigenvalue weighted by Gasteiger charge is 2.06. The van der Waals surface area contributed by atoms with Gasteiger partial charge in [-0.2, -0.15) is 0 Å². The van der Waals surface area contributed by atoms with Crippen LogP contribution in [0.3, 0.4) is 0 Å². The third kappa shape index (κ3) is 29.6. The molecule has 0 aliphatic rings. The van der Waals surface area contributed by atoms with E-state index in [-0.39, 0.29) is 6.54 Å². The Morgan fingerprint density at radius 2 is 1.30 bits per heavy atom. The van der Waals surface area contributed by atoms with Crippen molar-refractivity contribution < 1.29 is 34.5 Å². The number of aliphatic hydroxyl groups is 1. The topological polar surface area (TPSA) is 233 Å². The normalized spacial score (nSPS) is 10.3. The van der Waals surface area contributed by atoms with E-state index in [1.165, 1.54) is 0 Å². The predicted octanol–water partition coefficient (Wildman–Crippen LogP) is -4.07. The minimum Gasteiger partial charge on any atom is -0.480 e. The number of hydrogen-bond acceptors (Lipinski definition) is 7. The van der Waals surface area contributed by atoms with Gasteiger partial charge in [-0.15, -0.1) is 0 Å². The number of rotatable bonds is 5. The summed E-state index contributed by atoms with van der Waals surface area (Å²) in [5, 5.41) is 23.5. The second-order valence-corrected chi connectivity index (χ2v) is 2.86. The van der Waals surface area contributed by atoms with Gasteiger partial charge in [0, 0.05) is 12.2 Å². The van der Waals surface area contributed by atoms with Gasteiger partial charge in [-0.1, -0.05) is 0 Å². The molecule has 2 amide bonds. The van der Waals surface area contributed by atoms with Crippen LogP contribution in [0.4, 0.5) is 0 Å². The van der Waals surface area contributed by atoms with Gasteiger partial charge in [-0.25, -0.2) is 0 Å². The number of hydrogen-bond donors (Lipinski definition) is 7. The van der Waals surface area contributed by atoms with Crippen LogP contribution in [0.25, 0.3) is 0 Å². The van der Waals surface area contributed by atoms with E-state index in [0.29, 0.717) is 0 Å². The van der Waals surface area contributed by atoms with Gasteiger partial charge in [0.05, 0.1) is 13.2 Å². The van der Waals surface area contributed by atoms with E-state index in [2.05, 4.69) is 17.2 Å². The number of primary amides is 2. The van der Waals surface area contributed by atoms with E-state index in [1.54, 1.807) is 0 Å². The van der Waals surface area contributed by atoms with Crippen molar-refractivity contribution in [3.63, 3.8) is 0 Å². The highest BCUT2D eigenvalue weighted by atomic mass is 16.4. The fourth-order valence-corrected chi connectivity index (χ4v) is 0.242. The van der Waals surface area contributed by atoms with Crippen LogP contribution >= 0.6 is 0 Å². The van der Waals surface area contributed by atoms with Crippen LogP contribution < -0.4 is 22.9 Å². The Morgan fingerprint density at radius 3 is 1.35 bits per heavy atom. The van der Waals surface area contributed by atoms with Gasteiger partial charge >= 0.3 is 11.9 Å². The van der Waals surface area contributed by atoms with Gasteiger partial charge in [0.25, 0.3) is 0 Å². The summed E-state index contributed by atoms with van der Waals surface area (Å²) in [6.07, 6.45) is 1.81. The van der Waals surface area contributed by atoms with Crippen molar-refractivity contribution in [1.29, 1.82) is 0 Å². The summed E-state index contributed by atoms with van der Waals surface area (Å²) in [7, 11) is 0. The van der Waals surface area contributed by atoms with E-state index in [1.807, 2.05) is 0 Å². The van der Waals surface area contributed by atoms with Crippen LogP contribution in [0.1, 0.15) is 0 Å². The first-order chi connectivity index (χ1) is 9.08. The van der Waals surface area contributed by atoms with E-state index < -0.39 is 36.4 Å². The summed E-state index contributed by atoms with van der Waals surface area (Å²) in [5.74, 6) is -3.50. The van der Waals surface area contributed by atoms with Gasteiger partial charge in [0.2, 0.25) is 11.8 Å². The zero-order chi connectivity index (χ0) is 16.7. The molecular formula is C9H18N4O7. The van der Waals surface area contributed by atoms with Gasteiger partial charge in [-0.3, -0.25) is 19.2 Å². The highest BCUT2D eigenvalue weighted by Crippen LogP contribution is 1.71. The SMILES string of the molecule is NC(=O)/C=C/C(N)=O.NC(CO)C(=O)O.NCC(=O)O. The van der Waals surface area contributed by atoms with Gasteiger partial charge in [0.15, 0.2) is 0 Å². The lowest BCUT2D eigenvalue weighted by Gasteiger charge is -1.96. The number of carboxylic acid groups (broad SMARTS) is 2. The lowest BCUT2D eigenvalue weighted by atomic mass is 10.3. The van der Waals surface area contributed by atoms with E-state index in [9.17, 15) is 19.2 Å². The van der Waals surface area contributed by atoms with Crippen LogP contribution in [0.15, 0.2) is 12.2 Å². The Bertz CT molecular complexity index is 340. The smallest absolute Gasteiger partial charge is 0.322 e. The lowest BCUT2D eigenvalue weighted by molar-refractivity contribution is -0.139. The summed E-state index contributed by atoms with van der Waals surface area (Å²) in [6, 6.07) is -1.13. The Balaban J connectivity index is -0.000000223. The van der Waals surface area contributed by atoms with Crippen LogP contribution in [-0.4, -0.2) is 58.3 Å². The first-order valence-corrected chi connectivity index (χ1v) is 4.86. The molecule has 0 spiro atoms. The maximum atomic E-state index is 9.83. The number of carboxylic acids is 2. The minimum atomic E-state index is -1.18. The first-order valence-electron chi connectivity index (χ1n) is 4.86. The molecule has 1 unspecified atom stereocenters. The van der Waals surface area contributed by atoms with Crippen molar-refractivity contribution in [2.24, 2.45) is 22.9 Å². The molecule has 0 bridgehead atoms. The quantitative estimate of drug-likeness (QED) is 0.244. The second-order valence-electron chi connectivity index (χ2n) is 2.86. The maximum Gasteiger partial charge on any atom is 0.322 e. The average molecular weight is 294 g/mol. The molecule has 0 aliphatic heterocycles. The van der Waals surface area contributed by atoms with Crippen molar-refractivity contribution >= 4 is 23.8 Å². The largest absolute Gasteiger partial charge is 0.480 e. The zero-order valence-electron chi connectivity index (χ0n) is 10.4. The van der Waals surface area contributed by atoms with Crippen molar-refractivity contribution in [2.75, 3.05) is 13.2 Å². The van der Waals surface area contributed by atoms with Gasteiger partial charge in [-0.05, 0) is 0 Å². The average Bonchev–Trinajstić information content (AvgIpc) is 2.36. The lowest BCUT2D eigenvalue weighted by Crippen LogP contribution is -2.33. The molecule has 0 aromatic carbocycles. The summed E-state index contributed by atoms with van der Waals surface area (Å²) < 4.78 is 0. The molecule has 0 aromatic heterocycles. The molecule has 116 valence electrons. The molecule has 11 N–H and O–H groups in total. The zero-order valence-corrected chi connectivity index (χ0v) is 10.4. The molecule has 0 fully saturated rings. The number of carbonyl (C=O) groups is 4. The molecule has 0 aliphatic carbocycles. The van der Waals surface area contributed by atoms with Crippen molar-refractivity contribution in [3.8, 4) is 0 Å². The van der Waals surface area contributed by atoms with Crippen molar-refractivity contribution in [3.05, 3.63) is 12.2 Å². The number of carbonyl (C=O) groups excluding carboxylic acids is 2. The third-order valence-corrected chi connectivity index (χ3v) is 1.10. The van der Waals surface area contributed by atoms with Crippen LogP contribution in [0.5, 0.6) is 0 Å². The van der Waals surface area contributed by atoms with Crippen LogP contribution in [0, 0.1) is 0 Å². The van der Waals surface area contributed by atoms with E-state index >= 15 is 0 Å². The molecule has 11 nitrogen and oxygen atoms in total. The van der Waals surface area contributed by atoms with Crippen molar-refractivity contribution in [1.82, 2.24) is 0 Å². The molecule has 11 heteroatoms. The third-order valence-electron chi connectivity index (χ3n) is 1.10. The summed E-state index contributed by atoms with van der Waals surface area (Å²) in [5.41, 5.74) is 18.6. The maximum absolute atomic E-state index is 9.83. The molecule has 0 radical (unpaired) electrons. The second kappa shape index (κ2) is 14.6. The Labute approximate surface area is 113 Å². The predicted molar refractivity (Wildman–Crippen MR) is 66.9 cm³/mol. The first kappa shape index (κ1) is 22.7. The number of amides is 2. The molecule has 0 saturated heterocycles. The fraction of sp³-hybridized carbons (Fsp3) is 0.333. The van der Waals surface area contributed by atoms with E-state index in [0.717, 1.165) is 12.2 Å². The van der Waals surface area contributed by atoms with Crippen molar-refractivity contribution in [2.45, 2.75) is 6.04 Å². The summed E-state index contributed by atoms with van der Waals surface area (Å²) >= 11 is 0. The fourth-order valence-electron chi connectivity index (χ4n) is 0.242. The molecule has 1 atom stereocenters. The molecule has 20 heavy (non-hydrogen) atoms. The Hall–Kier alpha value is -2.50. The highest BCUT2D eigenvalue weighted by molar-refractivity contribution is 5.95. The monoisotopic (exact) mass is 294 g/mol. The molecule has 0 heterocycles. The molecule has 0 aromatic rings. The van der Waals surface area contributed by atoms with Crippen LogP contribution in [0.2, 0.25) is 0 Å². The number of nitrogens with two attached hydrogens (primary N) is 4. The Morgan fingerprint density at radius 1 is 1.00 bits per heavy atom. The Kier molecular flexibility index (Phi) is 16.5. The van der Waals surface area contributed by atoms with Crippen LogP contribution in [-0.2, 0) is 19.2 Å². The van der Waals surface area contributed by atoms with Gasteiger partial charge < -0.3 is 38.3 Å². The summed E-state index contributed by atoms with van der Waals surface area (Å²) in [4.78, 5) is 38.6. The number of aliphatic hydroxyl groups excluding tert-OH is 1.